The molecule has 1 atom stereocenters. The predicted molar refractivity (Wildman–Crippen MR) is 72.5 cm³/mol. The maximum atomic E-state index is 11.7. The van der Waals surface area contributed by atoms with Crippen LogP contribution in [0, 0.1) is 5.92 Å². The highest BCUT2D eigenvalue weighted by atomic mass is 35.5. The number of hydrazine groups is 1. The van der Waals surface area contributed by atoms with E-state index < -0.39 is 17.9 Å². The van der Waals surface area contributed by atoms with Gasteiger partial charge in [0.15, 0.2) is 0 Å². The van der Waals surface area contributed by atoms with E-state index in [0.29, 0.717) is 5.02 Å². The molecule has 1 aromatic carbocycles. The number of halogens is 1. The molecule has 0 fully saturated rings. The lowest BCUT2D eigenvalue weighted by molar-refractivity contribution is -0.124. The molecule has 1 unspecified atom stereocenters. The lowest BCUT2D eigenvalue weighted by atomic mass is 10.0. The number of aliphatic hydroxyl groups excluding tert-OH is 1. The molecular weight excluding hydrogens is 268 g/mol. The van der Waals surface area contributed by atoms with E-state index in [0.717, 1.165) is 0 Å². The summed E-state index contributed by atoms with van der Waals surface area (Å²) in [5.41, 5.74) is 4.76. The quantitative estimate of drug-likeness (QED) is 0.733. The first-order valence-electron chi connectivity index (χ1n) is 5.93. The number of carbonyl (C=O) groups is 2. The summed E-state index contributed by atoms with van der Waals surface area (Å²) in [6, 6.07) is 6.51. The fourth-order valence-electron chi connectivity index (χ4n) is 1.32. The Hall–Kier alpha value is -1.59. The van der Waals surface area contributed by atoms with Crippen LogP contribution in [-0.2, 0) is 4.79 Å². The van der Waals surface area contributed by atoms with E-state index in [1.54, 1.807) is 38.1 Å². The second-order valence-electron chi connectivity index (χ2n) is 4.50. The van der Waals surface area contributed by atoms with E-state index in [1.807, 2.05) is 0 Å². The lowest BCUT2D eigenvalue weighted by Gasteiger charge is -2.14. The number of amides is 2. The van der Waals surface area contributed by atoms with E-state index in [9.17, 15) is 14.7 Å². The van der Waals surface area contributed by atoms with Crippen molar-refractivity contribution in [2.75, 3.05) is 0 Å². The number of hydrogen-bond donors (Lipinski definition) is 3. The van der Waals surface area contributed by atoms with Crippen molar-refractivity contribution in [3.8, 4) is 0 Å². The number of benzene rings is 1. The minimum absolute atomic E-state index is 0.0231. The van der Waals surface area contributed by atoms with Crippen LogP contribution < -0.4 is 10.9 Å². The highest BCUT2D eigenvalue weighted by Gasteiger charge is 2.15. The molecule has 2 amide bonds. The SMILES string of the molecule is CC(C)C(O)CC(=O)NNC(=O)c1ccccc1Cl. The van der Waals surface area contributed by atoms with Crippen LogP contribution in [0.15, 0.2) is 24.3 Å². The third kappa shape index (κ3) is 4.89. The normalized spacial score (nSPS) is 12.1. The fourth-order valence-corrected chi connectivity index (χ4v) is 1.54. The number of nitrogens with one attached hydrogen (secondary N) is 2. The van der Waals surface area contributed by atoms with Crippen molar-refractivity contribution >= 4 is 23.4 Å². The number of carbonyl (C=O) groups excluding carboxylic acids is 2. The monoisotopic (exact) mass is 284 g/mol. The van der Waals surface area contributed by atoms with Gasteiger partial charge in [-0.25, -0.2) is 0 Å². The molecule has 6 heteroatoms. The third-order valence-electron chi connectivity index (χ3n) is 2.60. The maximum absolute atomic E-state index is 11.7. The Morgan fingerprint density at radius 2 is 1.89 bits per heavy atom. The number of rotatable bonds is 4. The Balaban J connectivity index is 2.47. The van der Waals surface area contributed by atoms with Crippen molar-refractivity contribution in [2.45, 2.75) is 26.4 Å². The van der Waals surface area contributed by atoms with Gasteiger partial charge < -0.3 is 5.11 Å². The van der Waals surface area contributed by atoms with Gasteiger partial charge in [0.25, 0.3) is 5.91 Å². The molecule has 0 aliphatic heterocycles. The standard InChI is InChI=1S/C13H17ClN2O3/c1-8(2)11(17)7-12(18)15-16-13(19)9-5-3-4-6-10(9)14/h3-6,8,11,17H,7H2,1-2H3,(H,15,18)(H,16,19). The van der Waals surface area contributed by atoms with Crippen molar-refractivity contribution in [3.05, 3.63) is 34.9 Å². The van der Waals surface area contributed by atoms with Gasteiger partial charge in [0.2, 0.25) is 5.91 Å². The summed E-state index contributed by atoms with van der Waals surface area (Å²) >= 11 is 5.85. The van der Waals surface area contributed by atoms with Gasteiger partial charge in [0.1, 0.15) is 0 Å². The summed E-state index contributed by atoms with van der Waals surface area (Å²) < 4.78 is 0. The van der Waals surface area contributed by atoms with Crippen LogP contribution in [0.4, 0.5) is 0 Å². The molecular formula is C13H17ClN2O3. The molecule has 1 rings (SSSR count). The summed E-state index contributed by atoms with van der Waals surface area (Å²) in [7, 11) is 0. The van der Waals surface area contributed by atoms with Crippen molar-refractivity contribution in [3.63, 3.8) is 0 Å². The minimum Gasteiger partial charge on any atom is -0.392 e. The molecule has 19 heavy (non-hydrogen) atoms. The van der Waals surface area contributed by atoms with Gasteiger partial charge in [-0.05, 0) is 18.1 Å². The predicted octanol–water partition coefficient (Wildman–Crippen LogP) is 1.51. The van der Waals surface area contributed by atoms with Gasteiger partial charge in [0.05, 0.1) is 23.1 Å². The van der Waals surface area contributed by atoms with E-state index in [4.69, 9.17) is 11.6 Å². The molecule has 0 aliphatic carbocycles. The van der Waals surface area contributed by atoms with Crippen molar-refractivity contribution < 1.29 is 14.7 Å². The summed E-state index contributed by atoms with van der Waals surface area (Å²) in [5.74, 6) is -0.982. The Kier molecular flexibility index (Phi) is 5.79. The molecule has 0 radical (unpaired) electrons. The fraction of sp³-hybridized carbons (Fsp3) is 0.385. The van der Waals surface area contributed by atoms with E-state index in [1.165, 1.54) is 0 Å². The molecule has 0 aromatic heterocycles. The highest BCUT2D eigenvalue weighted by molar-refractivity contribution is 6.33. The third-order valence-corrected chi connectivity index (χ3v) is 2.93. The molecule has 0 spiro atoms. The summed E-state index contributed by atoms with van der Waals surface area (Å²) in [6.07, 6.45) is -0.808. The van der Waals surface area contributed by atoms with Crippen LogP contribution >= 0.6 is 11.6 Å². The molecule has 0 heterocycles. The van der Waals surface area contributed by atoms with Crippen LogP contribution in [-0.4, -0.2) is 23.0 Å². The van der Waals surface area contributed by atoms with Crippen LogP contribution in [0.1, 0.15) is 30.6 Å². The van der Waals surface area contributed by atoms with E-state index in [2.05, 4.69) is 10.9 Å². The van der Waals surface area contributed by atoms with Gasteiger partial charge in [-0.15, -0.1) is 0 Å². The summed E-state index contributed by atoms with van der Waals surface area (Å²) in [4.78, 5) is 23.2. The molecule has 5 nitrogen and oxygen atoms in total. The Morgan fingerprint density at radius 1 is 1.26 bits per heavy atom. The lowest BCUT2D eigenvalue weighted by Crippen LogP contribution is -2.43. The largest absolute Gasteiger partial charge is 0.392 e. The minimum atomic E-state index is -0.739. The molecule has 0 saturated carbocycles. The highest BCUT2D eigenvalue weighted by Crippen LogP contribution is 2.14. The maximum Gasteiger partial charge on any atom is 0.271 e. The number of hydrogen-bond acceptors (Lipinski definition) is 3. The molecule has 3 N–H and O–H groups in total. The van der Waals surface area contributed by atoms with Crippen LogP contribution in [0.2, 0.25) is 5.02 Å². The zero-order chi connectivity index (χ0) is 14.4. The van der Waals surface area contributed by atoms with Crippen LogP contribution in [0.25, 0.3) is 0 Å². The van der Waals surface area contributed by atoms with Crippen LogP contribution in [0.5, 0.6) is 0 Å². The summed E-state index contributed by atoms with van der Waals surface area (Å²) in [6.45, 7) is 3.61. The number of aliphatic hydroxyl groups is 1. The van der Waals surface area contributed by atoms with Gasteiger partial charge >= 0.3 is 0 Å². The molecule has 0 bridgehead atoms. The van der Waals surface area contributed by atoms with Crippen molar-refractivity contribution in [1.82, 2.24) is 10.9 Å². The van der Waals surface area contributed by atoms with E-state index in [-0.39, 0.29) is 17.9 Å². The first-order valence-corrected chi connectivity index (χ1v) is 6.31. The first-order chi connectivity index (χ1) is 8.91. The molecule has 0 saturated heterocycles. The zero-order valence-electron chi connectivity index (χ0n) is 10.8. The average molecular weight is 285 g/mol. The Morgan fingerprint density at radius 3 is 2.47 bits per heavy atom. The average Bonchev–Trinajstić information content (AvgIpc) is 2.36. The molecule has 0 aliphatic rings. The second-order valence-corrected chi connectivity index (χ2v) is 4.90. The van der Waals surface area contributed by atoms with Crippen LogP contribution in [0.3, 0.4) is 0 Å². The van der Waals surface area contributed by atoms with Gasteiger partial charge in [-0.1, -0.05) is 37.6 Å². The topological polar surface area (TPSA) is 78.4 Å². The Labute approximate surface area is 116 Å². The van der Waals surface area contributed by atoms with E-state index >= 15 is 0 Å². The summed E-state index contributed by atoms with van der Waals surface area (Å²) in [5, 5.41) is 9.83. The first kappa shape index (κ1) is 15.5. The second kappa shape index (κ2) is 7.11. The smallest absolute Gasteiger partial charge is 0.271 e. The van der Waals surface area contributed by atoms with Gasteiger partial charge in [-0.3, -0.25) is 20.4 Å². The molecule has 1 aromatic rings. The van der Waals surface area contributed by atoms with Crippen molar-refractivity contribution in [2.24, 2.45) is 5.92 Å². The van der Waals surface area contributed by atoms with Crippen molar-refractivity contribution in [1.29, 1.82) is 0 Å². The van der Waals surface area contributed by atoms with Gasteiger partial charge in [-0.2, -0.15) is 0 Å². The zero-order valence-corrected chi connectivity index (χ0v) is 11.6. The molecule has 104 valence electrons. The Bertz CT molecular complexity index is 463. The van der Waals surface area contributed by atoms with Gasteiger partial charge in [0, 0.05) is 0 Å².